The normalized spacial score (nSPS) is 9.68. The Balaban J connectivity index is 0.00000133. The van der Waals surface area contributed by atoms with Gasteiger partial charge in [-0.3, -0.25) is 15.0 Å². The van der Waals surface area contributed by atoms with E-state index in [1.807, 2.05) is 48.8 Å². The molecule has 0 bridgehead atoms. The molecule has 2 N–H and O–H groups in total. The number of hydrogen-bond donors (Lipinski definition) is 0. The van der Waals surface area contributed by atoms with Crippen LogP contribution in [0, 0.1) is 0 Å². The molecule has 0 amide bonds. The summed E-state index contributed by atoms with van der Waals surface area (Å²) in [5.74, 6) is 0. The first kappa shape index (κ1) is 12.9. The van der Waals surface area contributed by atoms with Crippen molar-refractivity contribution in [2.24, 2.45) is 0 Å². The summed E-state index contributed by atoms with van der Waals surface area (Å²) in [6, 6.07) is 11.9. The summed E-state index contributed by atoms with van der Waals surface area (Å²) < 4.78 is 0. The fraction of sp³-hybridized carbons (Fsp3) is 0. The zero-order valence-corrected chi connectivity index (χ0v) is 10.2. The van der Waals surface area contributed by atoms with Gasteiger partial charge in [0.1, 0.15) is 0 Å². The zero-order valence-electron chi connectivity index (χ0n) is 10.2. The van der Waals surface area contributed by atoms with Crippen LogP contribution in [0.25, 0.3) is 22.4 Å². The van der Waals surface area contributed by atoms with Gasteiger partial charge < -0.3 is 5.48 Å². The molecule has 0 aliphatic carbocycles. The maximum atomic E-state index is 4.46. The van der Waals surface area contributed by atoms with Crippen LogP contribution < -0.4 is 0 Å². The first-order valence-corrected chi connectivity index (χ1v) is 5.71. The van der Waals surface area contributed by atoms with Crippen LogP contribution in [0.5, 0.6) is 0 Å². The molecule has 3 aromatic rings. The Labute approximate surface area is 111 Å². The van der Waals surface area contributed by atoms with Gasteiger partial charge in [0, 0.05) is 47.7 Å². The molecule has 0 unspecified atom stereocenters. The lowest BCUT2D eigenvalue weighted by molar-refractivity contribution is 0.824. The van der Waals surface area contributed by atoms with Crippen LogP contribution >= 0.6 is 0 Å². The van der Waals surface area contributed by atoms with Crippen molar-refractivity contribution >= 4 is 0 Å². The van der Waals surface area contributed by atoms with Crippen LogP contribution in [0.2, 0.25) is 0 Å². The topological polar surface area (TPSA) is 70.2 Å². The molecular formula is C15H13N3O. The SMILES string of the molecule is O.c1cncc(-c2cccnc2-c2cccnc2)c1. The standard InChI is InChI=1S/C15H11N3.H2O/c1-4-12(10-16-7-1)14-6-3-9-18-15(14)13-5-2-8-17-11-13;/h1-11H;1H2. The lowest BCUT2D eigenvalue weighted by Crippen LogP contribution is -1.89. The highest BCUT2D eigenvalue weighted by molar-refractivity contribution is 5.79. The maximum Gasteiger partial charge on any atom is 0.0796 e. The predicted octanol–water partition coefficient (Wildman–Crippen LogP) is 2.38. The molecule has 0 saturated carbocycles. The summed E-state index contributed by atoms with van der Waals surface area (Å²) in [4.78, 5) is 12.8. The second kappa shape index (κ2) is 5.84. The summed E-state index contributed by atoms with van der Waals surface area (Å²) in [5.41, 5.74) is 4.07. The molecule has 3 aromatic heterocycles. The Hall–Kier alpha value is -2.59. The molecule has 0 atom stereocenters. The average molecular weight is 251 g/mol. The molecule has 0 aromatic carbocycles. The van der Waals surface area contributed by atoms with Gasteiger partial charge in [-0.1, -0.05) is 12.1 Å². The molecule has 0 radical (unpaired) electrons. The van der Waals surface area contributed by atoms with Crippen molar-refractivity contribution in [3.8, 4) is 22.4 Å². The molecule has 0 fully saturated rings. The van der Waals surface area contributed by atoms with Crippen molar-refractivity contribution < 1.29 is 5.48 Å². The Morgan fingerprint density at radius 1 is 0.684 bits per heavy atom. The van der Waals surface area contributed by atoms with Gasteiger partial charge in [-0.25, -0.2) is 0 Å². The third-order valence-corrected chi connectivity index (χ3v) is 2.72. The van der Waals surface area contributed by atoms with E-state index in [1.165, 1.54) is 0 Å². The number of pyridine rings is 3. The van der Waals surface area contributed by atoms with Crippen molar-refractivity contribution in [1.82, 2.24) is 15.0 Å². The summed E-state index contributed by atoms with van der Waals surface area (Å²) in [5, 5.41) is 0. The summed E-state index contributed by atoms with van der Waals surface area (Å²) >= 11 is 0. The smallest absolute Gasteiger partial charge is 0.0796 e. The van der Waals surface area contributed by atoms with Gasteiger partial charge in [0.2, 0.25) is 0 Å². The number of nitrogens with zero attached hydrogens (tertiary/aromatic N) is 3. The van der Waals surface area contributed by atoms with Crippen LogP contribution in [-0.2, 0) is 0 Å². The highest BCUT2D eigenvalue weighted by Gasteiger charge is 2.07. The van der Waals surface area contributed by atoms with Crippen molar-refractivity contribution in [2.45, 2.75) is 0 Å². The summed E-state index contributed by atoms with van der Waals surface area (Å²) in [6.45, 7) is 0. The highest BCUT2D eigenvalue weighted by atomic mass is 16.0. The first-order valence-electron chi connectivity index (χ1n) is 5.71. The van der Waals surface area contributed by atoms with E-state index in [-0.39, 0.29) is 5.48 Å². The maximum absolute atomic E-state index is 4.46. The van der Waals surface area contributed by atoms with Crippen molar-refractivity contribution in [3.63, 3.8) is 0 Å². The van der Waals surface area contributed by atoms with Crippen LogP contribution in [-0.4, -0.2) is 20.4 Å². The lowest BCUT2D eigenvalue weighted by Gasteiger charge is -2.07. The summed E-state index contributed by atoms with van der Waals surface area (Å²) in [6.07, 6.45) is 8.99. The monoisotopic (exact) mass is 251 g/mol. The lowest BCUT2D eigenvalue weighted by atomic mass is 10.0. The molecule has 19 heavy (non-hydrogen) atoms. The third kappa shape index (κ3) is 2.64. The summed E-state index contributed by atoms with van der Waals surface area (Å²) in [7, 11) is 0. The van der Waals surface area contributed by atoms with Crippen LogP contribution in [0.3, 0.4) is 0 Å². The van der Waals surface area contributed by atoms with Gasteiger partial charge in [0.05, 0.1) is 5.69 Å². The number of hydrogen-bond acceptors (Lipinski definition) is 3. The quantitative estimate of drug-likeness (QED) is 0.702. The van der Waals surface area contributed by atoms with Crippen molar-refractivity contribution in [2.75, 3.05) is 0 Å². The molecule has 0 saturated heterocycles. The minimum Gasteiger partial charge on any atom is -0.412 e. The van der Waals surface area contributed by atoms with E-state index in [4.69, 9.17) is 0 Å². The molecule has 4 nitrogen and oxygen atoms in total. The van der Waals surface area contributed by atoms with E-state index in [1.54, 1.807) is 18.6 Å². The minimum atomic E-state index is 0. The number of aromatic nitrogens is 3. The van der Waals surface area contributed by atoms with Gasteiger partial charge in [0.15, 0.2) is 0 Å². The Kier molecular flexibility index (Phi) is 3.95. The second-order valence-electron chi connectivity index (χ2n) is 3.88. The Morgan fingerprint density at radius 3 is 1.95 bits per heavy atom. The van der Waals surface area contributed by atoms with Gasteiger partial charge in [-0.15, -0.1) is 0 Å². The van der Waals surface area contributed by atoms with Crippen LogP contribution in [0.4, 0.5) is 0 Å². The largest absolute Gasteiger partial charge is 0.412 e. The predicted molar refractivity (Wildman–Crippen MR) is 74.3 cm³/mol. The molecule has 0 aliphatic heterocycles. The van der Waals surface area contributed by atoms with E-state index < -0.39 is 0 Å². The van der Waals surface area contributed by atoms with Crippen molar-refractivity contribution in [1.29, 1.82) is 0 Å². The van der Waals surface area contributed by atoms with Crippen molar-refractivity contribution in [3.05, 3.63) is 67.4 Å². The number of rotatable bonds is 2. The molecular weight excluding hydrogens is 238 g/mol. The Morgan fingerprint density at radius 2 is 1.32 bits per heavy atom. The third-order valence-electron chi connectivity index (χ3n) is 2.72. The van der Waals surface area contributed by atoms with Crippen LogP contribution in [0.1, 0.15) is 0 Å². The van der Waals surface area contributed by atoms with E-state index in [9.17, 15) is 0 Å². The zero-order chi connectivity index (χ0) is 12.2. The molecule has 3 rings (SSSR count). The fourth-order valence-electron chi connectivity index (χ4n) is 1.89. The van der Waals surface area contributed by atoms with E-state index in [0.717, 1.165) is 22.4 Å². The minimum absolute atomic E-state index is 0. The van der Waals surface area contributed by atoms with Gasteiger partial charge >= 0.3 is 0 Å². The first-order chi connectivity index (χ1) is 8.95. The second-order valence-corrected chi connectivity index (χ2v) is 3.88. The molecule has 4 heteroatoms. The van der Waals surface area contributed by atoms with E-state index in [0.29, 0.717) is 0 Å². The van der Waals surface area contributed by atoms with Gasteiger partial charge in [-0.05, 0) is 24.3 Å². The van der Waals surface area contributed by atoms with Gasteiger partial charge in [-0.2, -0.15) is 0 Å². The fourth-order valence-corrected chi connectivity index (χ4v) is 1.89. The molecule has 0 spiro atoms. The molecule has 94 valence electrons. The van der Waals surface area contributed by atoms with Gasteiger partial charge in [0.25, 0.3) is 0 Å². The van der Waals surface area contributed by atoms with E-state index in [2.05, 4.69) is 15.0 Å². The molecule has 3 heterocycles. The van der Waals surface area contributed by atoms with Crippen LogP contribution in [0.15, 0.2) is 67.4 Å². The highest BCUT2D eigenvalue weighted by Crippen LogP contribution is 2.28. The average Bonchev–Trinajstić information content (AvgIpc) is 2.49. The van der Waals surface area contributed by atoms with E-state index >= 15 is 0 Å². The molecule has 0 aliphatic rings. The Bertz CT molecular complexity index is 583.